The Morgan fingerprint density at radius 1 is 1.03 bits per heavy atom. The molecule has 0 radical (unpaired) electrons. The van der Waals surface area contributed by atoms with Crippen molar-refractivity contribution < 1.29 is 9.13 Å². The molecular weight excluding hydrogens is 463 g/mol. The summed E-state index contributed by atoms with van der Waals surface area (Å²) in [6.45, 7) is 3.75. The van der Waals surface area contributed by atoms with Crippen LogP contribution in [0, 0.1) is 11.7 Å². The molecule has 1 aliphatic rings. The van der Waals surface area contributed by atoms with Crippen LogP contribution in [0.25, 0.3) is 22.2 Å². The van der Waals surface area contributed by atoms with Gasteiger partial charge in [-0.25, -0.2) is 9.37 Å². The minimum atomic E-state index is -0.182. The van der Waals surface area contributed by atoms with Gasteiger partial charge < -0.3 is 15.8 Å². The summed E-state index contributed by atoms with van der Waals surface area (Å²) in [6, 6.07) is 25.4. The van der Waals surface area contributed by atoms with E-state index in [-0.39, 0.29) is 11.9 Å². The molecule has 0 spiro atoms. The van der Waals surface area contributed by atoms with Gasteiger partial charge in [0.15, 0.2) is 0 Å². The Morgan fingerprint density at radius 3 is 2.49 bits per heavy atom. The van der Waals surface area contributed by atoms with E-state index in [1.807, 2.05) is 48.5 Å². The number of ether oxygens (including phenoxy) is 1. The average molecular weight is 499 g/mol. The quantitative estimate of drug-likeness (QED) is 0.292. The van der Waals surface area contributed by atoms with Gasteiger partial charge in [-0.3, -0.25) is 4.90 Å². The molecule has 5 nitrogen and oxygen atoms in total. The van der Waals surface area contributed by atoms with E-state index in [9.17, 15) is 4.39 Å². The van der Waals surface area contributed by atoms with Crippen LogP contribution in [0.4, 0.5) is 10.1 Å². The van der Waals surface area contributed by atoms with Crippen molar-refractivity contribution >= 4 is 16.6 Å². The maximum Gasteiger partial charge on any atom is 0.123 e. The van der Waals surface area contributed by atoms with Gasteiger partial charge in [0, 0.05) is 35.8 Å². The lowest BCUT2D eigenvalue weighted by Gasteiger charge is -2.35. The highest BCUT2D eigenvalue weighted by Crippen LogP contribution is 2.30. The first-order chi connectivity index (χ1) is 18.1. The molecule has 192 valence electrons. The minimum Gasteiger partial charge on any atom is -0.497 e. The Kier molecular flexibility index (Phi) is 7.97. The standard InChI is InChI=1S/C31H35FN4O/c1-37-26-12-8-24(9-13-26)30-20-31(27-4-2-3-5-29(27)35-30)34-17-14-28(33)23-15-18-36(19-16-23)21-22-6-10-25(32)11-7-22/h2-13,20,23,28H,14-19,21,33H2,1H3,(H,34,35). The summed E-state index contributed by atoms with van der Waals surface area (Å²) in [5, 5.41) is 4.76. The molecule has 1 aliphatic heterocycles. The number of pyridine rings is 1. The normalized spacial score (nSPS) is 15.5. The highest BCUT2D eigenvalue weighted by Gasteiger charge is 2.24. The van der Waals surface area contributed by atoms with E-state index >= 15 is 0 Å². The molecule has 1 aromatic heterocycles. The number of nitrogens with one attached hydrogen (secondary N) is 1. The second-order valence-electron chi connectivity index (χ2n) is 9.92. The van der Waals surface area contributed by atoms with Crippen LogP contribution in [-0.2, 0) is 6.54 Å². The van der Waals surface area contributed by atoms with Gasteiger partial charge in [0.05, 0.1) is 18.3 Å². The predicted octanol–water partition coefficient (Wildman–Crippen LogP) is 6.09. The van der Waals surface area contributed by atoms with E-state index in [1.165, 1.54) is 12.1 Å². The van der Waals surface area contributed by atoms with Crippen LogP contribution >= 0.6 is 0 Å². The van der Waals surface area contributed by atoms with Gasteiger partial charge >= 0.3 is 0 Å². The van der Waals surface area contributed by atoms with Crippen molar-refractivity contribution in [3.63, 3.8) is 0 Å². The number of piperidine rings is 1. The molecule has 1 atom stereocenters. The molecule has 1 saturated heterocycles. The SMILES string of the molecule is COc1ccc(-c2cc(NCCC(N)C3CCN(Cc4ccc(F)cc4)CC3)c3ccccc3n2)cc1. The van der Waals surface area contributed by atoms with Crippen LogP contribution in [0.1, 0.15) is 24.8 Å². The molecule has 0 aliphatic carbocycles. The van der Waals surface area contributed by atoms with E-state index in [4.69, 9.17) is 15.5 Å². The second-order valence-corrected chi connectivity index (χ2v) is 9.92. The van der Waals surface area contributed by atoms with E-state index in [2.05, 4.69) is 28.4 Å². The number of fused-ring (bicyclic) bond motifs is 1. The van der Waals surface area contributed by atoms with Crippen molar-refractivity contribution in [2.45, 2.75) is 31.8 Å². The summed E-state index contributed by atoms with van der Waals surface area (Å²) in [5.74, 6) is 1.17. The van der Waals surface area contributed by atoms with Crippen molar-refractivity contribution in [2.24, 2.45) is 11.7 Å². The Bertz CT molecular complexity index is 1300. The fourth-order valence-electron chi connectivity index (χ4n) is 5.23. The largest absolute Gasteiger partial charge is 0.497 e. The number of benzene rings is 3. The lowest BCUT2D eigenvalue weighted by Crippen LogP contribution is -2.41. The lowest BCUT2D eigenvalue weighted by atomic mass is 9.88. The van der Waals surface area contributed by atoms with Crippen molar-refractivity contribution in [3.8, 4) is 17.0 Å². The molecule has 0 saturated carbocycles. The number of nitrogens with zero attached hydrogens (tertiary/aromatic N) is 2. The van der Waals surface area contributed by atoms with Gasteiger partial charge in [-0.15, -0.1) is 0 Å². The molecule has 1 unspecified atom stereocenters. The van der Waals surface area contributed by atoms with Crippen molar-refractivity contribution in [1.82, 2.24) is 9.88 Å². The van der Waals surface area contributed by atoms with Crippen LogP contribution in [0.15, 0.2) is 78.9 Å². The molecule has 5 rings (SSSR count). The zero-order chi connectivity index (χ0) is 25.6. The fraction of sp³-hybridized carbons (Fsp3) is 0.323. The summed E-state index contributed by atoms with van der Waals surface area (Å²) >= 11 is 0. The van der Waals surface area contributed by atoms with Crippen molar-refractivity contribution in [3.05, 3.63) is 90.2 Å². The Morgan fingerprint density at radius 2 is 1.76 bits per heavy atom. The first kappa shape index (κ1) is 25.2. The molecule has 2 heterocycles. The maximum atomic E-state index is 13.2. The maximum absolute atomic E-state index is 13.2. The molecule has 37 heavy (non-hydrogen) atoms. The third kappa shape index (κ3) is 6.27. The van der Waals surface area contributed by atoms with E-state index < -0.39 is 0 Å². The number of nitrogens with two attached hydrogens (primary N) is 1. The molecule has 3 N–H and O–H groups in total. The first-order valence-corrected chi connectivity index (χ1v) is 13.1. The third-order valence-corrected chi connectivity index (χ3v) is 7.45. The molecule has 0 amide bonds. The monoisotopic (exact) mass is 498 g/mol. The number of hydrogen-bond acceptors (Lipinski definition) is 5. The molecule has 1 fully saturated rings. The van der Waals surface area contributed by atoms with Crippen LogP contribution in [0.5, 0.6) is 5.75 Å². The lowest BCUT2D eigenvalue weighted by molar-refractivity contribution is 0.161. The van der Waals surface area contributed by atoms with Crippen LogP contribution < -0.4 is 15.8 Å². The number of methoxy groups -OCH3 is 1. The van der Waals surface area contributed by atoms with Gasteiger partial charge in [0.1, 0.15) is 11.6 Å². The number of para-hydroxylation sites is 1. The summed E-state index contributed by atoms with van der Waals surface area (Å²) in [4.78, 5) is 7.33. The smallest absolute Gasteiger partial charge is 0.123 e. The van der Waals surface area contributed by atoms with Crippen molar-refractivity contribution in [1.29, 1.82) is 0 Å². The number of rotatable bonds is 9. The topological polar surface area (TPSA) is 63.4 Å². The number of halogens is 1. The highest BCUT2D eigenvalue weighted by molar-refractivity contribution is 5.93. The summed E-state index contributed by atoms with van der Waals surface area (Å²) in [7, 11) is 1.67. The van der Waals surface area contributed by atoms with Crippen LogP contribution in [0.2, 0.25) is 0 Å². The Hall–Kier alpha value is -3.48. The Labute approximate surface area is 218 Å². The van der Waals surface area contributed by atoms with Crippen LogP contribution in [0.3, 0.4) is 0 Å². The summed E-state index contributed by atoms with van der Waals surface area (Å²) in [5.41, 5.74) is 11.9. The minimum absolute atomic E-state index is 0.162. The van der Waals surface area contributed by atoms with Crippen LogP contribution in [-0.4, -0.2) is 42.7 Å². The fourth-order valence-corrected chi connectivity index (χ4v) is 5.23. The molecule has 0 bridgehead atoms. The zero-order valence-corrected chi connectivity index (χ0v) is 21.4. The third-order valence-electron chi connectivity index (χ3n) is 7.45. The van der Waals surface area contributed by atoms with Crippen molar-refractivity contribution in [2.75, 3.05) is 32.1 Å². The highest BCUT2D eigenvalue weighted by atomic mass is 19.1. The van der Waals surface area contributed by atoms with E-state index in [0.717, 1.165) is 84.6 Å². The average Bonchev–Trinajstić information content (AvgIpc) is 2.94. The molecular formula is C31H35FN4O. The number of hydrogen-bond donors (Lipinski definition) is 2. The number of aromatic nitrogens is 1. The Balaban J connectivity index is 1.18. The van der Waals surface area contributed by atoms with Gasteiger partial charge in [0.2, 0.25) is 0 Å². The van der Waals surface area contributed by atoms with E-state index in [1.54, 1.807) is 7.11 Å². The summed E-state index contributed by atoms with van der Waals surface area (Å²) in [6.07, 6.45) is 3.11. The number of anilines is 1. The molecule has 4 aromatic rings. The van der Waals surface area contributed by atoms with Gasteiger partial charge in [-0.1, -0.05) is 30.3 Å². The number of likely N-dealkylation sites (tertiary alicyclic amines) is 1. The first-order valence-electron chi connectivity index (χ1n) is 13.1. The molecule has 6 heteroatoms. The van der Waals surface area contributed by atoms with Gasteiger partial charge in [-0.05, 0) is 92.4 Å². The summed E-state index contributed by atoms with van der Waals surface area (Å²) < 4.78 is 18.5. The van der Waals surface area contributed by atoms with E-state index in [0.29, 0.717) is 5.92 Å². The second kappa shape index (κ2) is 11.7. The predicted molar refractivity (Wildman–Crippen MR) is 149 cm³/mol. The van der Waals surface area contributed by atoms with Gasteiger partial charge in [-0.2, -0.15) is 0 Å². The zero-order valence-electron chi connectivity index (χ0n) is 21.4. The molecule has 3 aromatic carbocycles. The van der Waals surface area contributed by atoms with Gasteiger partial charge in [0.25, 0.3) is 0 Å².